The Hall–Kier alpha value is -1.71. The number of carbonyl (C=O) groups excluding carboxylic acids is 1. The molecule has 0 aliphatic rings. The number of benzene rings is 1. The summed E-state index contributed by atoms with van der Waals surface area (Å²) in [6.45, 7) is 8.62. The molecular formula is C16H26N2O2. The Morgan fingerprint density at radius 3 is 2.50 bits per heavy atom. The second-order valence-electron chi connectivity index (χ2n) is 5.00. The molecule has 1 aromatic carbocycles. The van der Waals surface area contributed by atoms with Crippen LogP contribution in [0.3, 0.4) is 0 Å². The van der Waals surface area contributed by atoms with Gasteiger partial charge in [-0.2, -0.15) is 0 Å². The number of ether oxygens (including phenoxy) is 1. The Bertz CT molecular complexity index is 442. The van der Waals surface area contributed by atoms with E-state index < -0.39 is 0 Å². The van der Waals surface area contributed by atoms with Crippen molar-refractivity contribution in [2.75, 3.05) is 17.7 Å². The van der Waals surface area contributed by atoms with Crippen LogP contribution < -0.4 is 11.1 Å². The van der Waals surface area contributed by atoms with Gasteiger partial charge in [0.1, 0.15) is 0 Å². The largest absolute Gasteiger partial charge is 0.462 e. The predicted molar refractivity (Wildman–Crippen MR) is 84.0 cm³/mol. The maximum absolute atomic E-state index is 12.0. The summed E-state index contributed by atoms with van der Waals surface area (Å²) in [6, 6.07) is 5.57. The third kappa shape index (κ3) is 3.89. The molecule has 1 rings (SSSR count). The van der Waals surface area contributed by atoms with Gasteiger partial charge < -0.3 is 15.8 Å². The van der Waals surface area contributed by atoms with Gasteiger partial charge in [0.2, 0.25) is 0 Å². The summed E-state index contributed by atoms with van der Waals surface area (Å²) in [5.41, 5.74) is 7.78. The molecule has 0 amide bonds. The lowest BCUT2D eigenvalue weighted by molar-refractivity contribution is 0.0527. The summed E-state index contributed by atoms with van der Waals surface area (Å²) in [5.74, 6) is 0.212. The summed E-state index contributed by atoms with van der Waals surface area (Å²) in [5, 5.41) is 3.39. The van der Waals surface area contributed by atoms with Crippen molar-refractivity contribution in [1.29, 1.82) is 0 Å². The van der Waals surface area contributed by atoms with Gasteiger partial charge in [-0.15, -0.1) is 0 Å². The molecule has 112 valence electrons. The van der Waals surface area contributed by atoms with Crippen LogP contribution >= 0.6 is 0 Å². The van der Waals surface area contributed by atoms with Crippen molar-refractivity contribution in [2.45, 2.75) is 46.6 Å². The molecule has 4 nitrogen and oxygen atoms in total. The number of esters is 1. The van der Waals surface area contributed by atoms with Gasteiger partial charge in [-0.1, -0.05) is 32.8 Å². The third-order valence-electron chi connectivity index (χ3n) is 3.72. The highest BCUT2D eigenvalue weighted by Gasteiger charge is 2.19. The Kier molecular flexibility index (Phi) is 6.36. The minimum Gasteiger partial charge on any atom is -0.462 e. The average molecular weight is 278 g/mol. The summed E-state index contributed by atoms with van der Waals surface area (Å²) in [4.78, 5) is 12.0. The van der Waals surface area contributed by atoms with Gasteiger partial charge in [0.15, 0.2) is 0 Å². The van der Waals surface area contributed by atoms with E-state index in [-0.39, 0.29) is 12.0 Å². The first-order chi connectivity index (χ1) is 9.54. The molecule has 0 bridgehead atoms. The lowest BCUT2D eigenvalue weighted by atomic mass is 9.95. The highest BCUT2D eigenvalue weighted by molar-refractivity contribution is 5.98. The maximum atomic E-state index is 12.0. The normalized spacial score (nSPS) is 12.2. The molecular weight excluding hydrogens is 252 g/mol. The topological polar surface area (TPSA) is 64.3 Å². The first kappa shape index (κ1) is 16.3. The van der Waals surface area contributed by atoms with Gasteiger partial charge in [-0.3, -0.25) is 0 Å². The van der Waals surface area contributed by atoms with Crippen molar-refractivity contribution >= 4 is 17.3 Å². The molecule has 0 saturated heterocycles. The van der Waals surface area contributed by atoms with E-state index >= 15 is 0 Å². The van der Waals surface area contributed by atoms with Gasteiger partial charge in [0.05, 0.1) is 23.5 Å². The van der Waals surface area contributed by atoms with Crippen LogP contribution in [-0.4, -0.2) is 18.6 Å². The Morgan fingerprint density at radius 2 is 1.95 bits per heavy atom. The summed E-state index contributed by atoms with van der Waals surface area (Å²) in [7, 11) is 0. The Labute approximate surface area is 121 Å². The standard InChI is InChI=1S/C16H26N2O2/c1-5-12(6-2)11(4)18-15-13(16(19)20-7-3)9-8-10-14(15)17/h8-12,18H,5-7,17H2,1-4H3. The fourth-order valence-corrected chi connectivity index (χ4v) is 2.45. The first-order valence-corrected chi connectivity index (χ1v) is 7.37. The number of nitrogens with one attached hydrogen (secondary N) is 1. The van der Waals surface area contributed by atoms with E-state index in [9.17, 15) is 4.79 Å². The van der Waals surface area contributed by atoms with Crippen LogP contribution in [0.2, 0.25) is 0 Å². The van der Waals surface area contributed by atoms with Crippen LogP contribution in [0.4, 0.5) is 11.4 Å². The number of anilines is 2. The van der Waals surface area contributed by atoms with E-state index in [0.29, 0.717) is 29.5 Å². The van der Waals surface area contributed by atoms with Crippen LogP contribution in [0.15, 0.2) is 18.2 Å². The minimum atomic E-state index is -0.334. The van der Waals surface area contributed by atoms with E-state index in [1.54, 1.807) is 25.1 Å². The third-order valence-corrected chi connectivity index (χ3v) is 3.72. The number of rotatable bonds is 7. The summed E-state index contributed by atoms with van der Waals surface area (Å²) >= 11 is 0. The molecule has 1 atom stereocenters. The molecule has 0 aliphatic heterocycles. The summed E-state index contributed by atoms with van der Waals surface area (Å²) < 4.78 is 5.08. The van der Waals surface area contributed by atoms with Crippen molar-refractivity contribution < 1.29 is 9.53 Å². The number of carbonyl (C=O) groups is 1. The predicted octanol–water partition coefficient (Wildman–Crippen LogP) is 3.68. The number of nitrogen functional groups attached to an aromatic ring is 1. The zero-order chi connectivity index (χ0) is 15.1. The van der Waals surface area contributed by atoms with Gasteiger partial charge in [-0.25, -0.2) is 4.79 Å². The minimum absolute atomic E-state index is 0.253. The van der Waals surface area contributed by atoms with Crippen molar-refractivity contribution in [3.05, 3.63) is 23.8 Å². The number of nitrogens with two attached hydrogens (primary N) is 1. The number of hydrogen-bond acceptors (Lipinski definition) is 4. The lowest BCUT2D eigenvalue weighted by Gasteiger charge is -2.25. The molecule has 20 heavy (non-hydrogen) atoms. The molecule has 0 aliphatic carbocycles. The molecule has 0 spiro atoms. The molecule has 0 fully saturated rings. The van der Waals surface area contributed by atoms with Crippen molar-refractivity contribution in [3.8, 4) is 0 Å². The quantitative estimate of drug-likeness (QED) is 0.590. The molecule has 3 N–H and O–H groups in total. The van der Waals surface area contributed by atoms with Gasteiger partial charge in [-0.05, 0) is 31.9 Å². The van der Waals surface area contributed by atoms with E-state index in [1.165, 1.54) is 0 Å². The fraction of sp³-hybridized carbons (Fsp3) is 0.562. The van der Waals surface area contributed by atoms with E-state index in [4.69, 9.17) is 10.5 Å². The highest BCUT2D eigenvalue weighted by Crippen LogP contribution is 2.27. The number of para-hydroxylation sites is 1. The molecule has 0 saturated carbocycles. The molecule has 1 unspecified atom stereocenters. The van der Waals surface area contributed by atoms with Gasteiger partial charge in [0, 0.05) is 6.04 Å². The zero-order valence-electron chi connectivity index (χ0n) is 12.9. The van der Waals surface area contributed by atoms with Crippen molar-refractivity contribution in [2.24, 2.45) is 5.92 Å². The van der Waals surface area contributed by atoms with Crippen LogP contribution in [0.5, 0.6) is 0 Å². The van der Waals surface area contributed by atoms with E-state index in [1.807, 2.05) is 0 Å². The smallest absolute Gasteiger partial charge is 0.340 e. The lowest BCUT2D eigenvalue weighted by Crippen LogP contribution is -2.26. The van der Waals surface area contributed by atoms with Crippen LogP contribution in [-0.2, 0) is 4.74 Å². The average Bonchev–Trinajstić information content (AvgIpc) is 2.42. The highest BCUT2D eigenvalue weighted by atomic mass is 16.5. The van der Waals surface area contributed by atoms with E-state index in [2.05, 4.69) is 26.1 Å². The zero-order valence-corrected chi connectivity index (χ0v) is 12.9. The molecule has 0 radical (unpaired) electrons. The summed E-state index contributed by atoms with van der Waals surface area (Å²) in [6.07, 6.45) is 2.18. The van der Waals surface area contributed by atoms with Crippen LogP contribution in [0.25, 0.3) is 0 Å². The number of hydrogen-bond donors (Lipinski definition) is 2. The Balaban J connectivity index is 3.01. The molecule has 0 heterocycles. The van der Waals surface area contributed by atoms with Gasteiger partial charge in [0.25, 0.3) is 0 Å². The monoisotopic (exact) mass is 278 g/mol. The molecule has 1 aromatic rings. The molecule has 4 heteroatoms. The van der Waals surface area contributed by atoms with Crippen LogP contribution in [0.1, 0.15) is 50.9 Å². The van der Waals surface area contributed by atoms with Crippen molar-refractivity contribution in [1.82, 2.24) is 0 Å². The SMILES string of the molecule is CCOC(=O)c1cccc(N)c1NC(C)C(CC)CC. The second-order valence-corrected chi connectivity index (χ2v) is 5.00. The van der Waals surface area contributed by atoms with Crippen molar-refractivity contribution in [3.63, 3.8) is 0 Å². The fourth-order valence-electron chi connectivity index (χ4n) is 2.45. The maximum Gasteiger partial charge on any atom is 0.340 e. The first-order valence-electron chi connectivity index (χ1n) is 7.37. The van der Waals surface area contributed by atoms with Crippen LogP contribution in [0, 0.1) is 5.92 Å². The van der Waals surface area contributed by atoms with Gasteiger partial charge >= 0.3 is 5.97 Å². The van der Waals surface area contributed by atoms with E-state index in [0.717, 1.165) is 12.8 Å². The second kappa shape index (κ2) is 7.78. The Morgan fingerprint density at radius 1 is 1.30 bits per heavy atom. The molecule has 0 aromatic heterocycles.